The highest BCUT2D eigenvalue weighted by Gasteiger charge is 2.20. The van der Waals surface area contributed by atoms with Gasteiger partial charge in [-0.05, 0) is 37.4 Å². The zero-order valence-corrected chi connectivity index (χ0v) is 11.6. The molecule has 1 aliphatic heterocycles. The van der Waals surface area contributed by atoms with Crippen molar-refractivity contribution in [1.82, 2.24) is 10.6 Å². The van der Waals surface area contributed by atoms with Crippen molar-refractivity contribution < 1.29 is 4.79 Å². The molecule has 0 saturated carbocycles. The van der Waals surface area contributed by atoms with E-state index >= 15 is 0 Å². The second-order valence-corrected chi connectivity index (χ2v) is 4.69. The van der Waals surface area contributed by atoms with E-state index in [1.165, 1.54) is 11.1 Å². The average Bonchev–Trinajstić information content (AvgIpc) is 2.38. The van der Waals surface area contributed by atoms with E-state index in [9.17, 15) is 4.79 Å². The minimum atomic E-state index is 0. The summed E-state index contributed by atoms with van der Waals surface area (Å²) in [5.41, 5.74) is 2.43. The van der Waals surface area contributed by atoms with E-state index in [0.29, 0.717) is 6.54 Å². The van der Waals surface area contributed by atoms with Crippen molar-refractivity contribution in [2.45, 2.75) is 26.3 Å². The van der Waals surface area contributed by atoms with Crippen LogP contribution < -0.4 is 10.6 Å². The smallest absolute Gasteiger partial charge is 0.224 e. The van der Waals surface area contributed by atoms with E-state index in [1.807, 2.05) is 12.1 Å². The first kappa shape index (κ1) is 15.0. The van der Waals surface area contributed by atoms with Gasteiger partial charge in [0.15, 0.2) is 0 Å². The van der Waals surface area contributed by atoms with E-state index in [4.69, 9.17) is 0 Å². The second kappa shape index (κ2) is 7.39. The molecule has 100 valence electrons. The van der Waals surface area contributed by atoms with Crippen LogP contribution in [0.3, 0.4) is 0 Å². The minimum Gasteiger partial charge on any atom is -0.352 e. The summed E-state index contributed by atoms with van der Waals surface area (Å²) < 4.78 is 0. The van der Waals surface area contributed by atoms with Gasteiger partial charge in [0.2, 0.25) is 5.91 Å². The number of hydrogen-bond acceptors (Lipinski definition) is 2. The molecular weight excluding hydrogens is 248 g/mol. The van der Waals surface area contributed by atoms with E-state index in [2.05, 4.69) is 29.7 Å². The highest BCUT2D eigenvalue weighted by molar-refractivity contribution is 5.85. The standard InChI is InChI=1S/C14H20N2O.ClH/c1-11-5-2-3-6-12(11)10-16-14(17)13-7-4-8-15-9-13;/h2-3,5-6,13,15H,4,7-10H2,1H3,(H,16,17);1H/t13-;/m1./s1. The van der Waals surface area contributed by atoms with Crippen molar-refractivity contribution in [3.63, 3.8) is 0 Å². The number of carbonyl (C=O) groups is 1. The summed E-state index contributed by atoms with van der Waals surface area (Å²) in [6.07, 6.45) is 2.11. The molecule has 1 fully saturated rings. The van der Waals surface area contributed by atoms with Crippen LogP contribution in [0.25, 0.3) is 0 Å². The zero-order chi connectivity index (χ0) is 12.1. The normalized spacial score (nSPS) is 18.8. The molecule has 1 aromatic rings. The van der Waals surface area contributed by atoms with Gasteiger partial charge in [0.1, 0.15) is 0 Å². The number of amides is 1. The largest absolute Gasteiger partial charge is 0.352 e. The molecule has 1 saturated heterocycles. The summed E-state index contributed by atoms with van der Waals surface area (Å²) in [5.74, 6) is 0.327. The maximum absolute atomic E-state index is 11.9. The quantitative estimate of drug-likeness (QED) is 0.881. The van der Waals surface area contributed by atoms with Gasteiger partial charge in [-0.15, -0.1) is 12.4 Å². The fourth-order valence-corrected chi connectivity index (χ4v) is 2.21. The molecule has 2 N–H and O–H groups in total. The highest BCUT2D eigenvalue weighted by Crippen LogP contribution is 2.11. The zero-order valence-electron chi connectivity index (χ0n) is 10.7. The number of halogens is 1. The number of rotatable bonds is 3. The lowest BCUT2D eigenvalue weighted by Gasteiger charge is -2.22. The fourth-order valence-electron chi connectivity index (χ4n) is 2.21. The van der Waals surface area contributed by atoms with E-state index in [0.717, 1.165) is 25.9 Å². The SMILES string of the molecule is Cc1ccccc1CNC(=O)[C@@H]1CCCNC1.Cl. The molecule has 0 spiro atoms. The minimum absolute atomic E-state index is 0. The van der Waals surface area contributed by atoms with Crippen LogP contribution in [0.4, 0.5) is 0 Å². The number of aryl methyl sites for hydroxylation is 1. The number of hydrogen-bond donors (Lipinski definition) is 2. The number of carbonyl (C=O) groups excluding carboxylic acids is 1. The Bertz CT molecular complexity index is 389. The van der Waals surface area contributed by atoms with Gasteiger partial charge in [-0.3, -0.25) is 4.79 Å². The molecule has 1 amide bonds. The van der Waals surface area contributed by atoms with Crippen molar-refractivity contribution in [2.24, 2.45) is 5.92 Å². The molecule has 4 heteroatoms. The monoisotopic (exact) mass is 268 g/mol. The lowest BCUT2D eigenvalue weighted by atomic mass is 9.98. The molecule has 0 aromatic heterocycles. The molecule has 0 radical (unpaired) electrons. The van der Waals surface area contributed by atoms with Crippen molar-refractivity contribution >= 4 is 18.3 Å². The average molecular weight is 269 g/mol. The lowest BCUT2D eigenvalue weighted by Crippen LogP contribution is -2.40. The Morgan fingerprint density at radius 3 is 2.89 bits per heavy atom. The Labute approximate surface area is 115 Å². The first-order valence-corrected chi connectivity index (χ1v) is 6.30. The first-order chi connectivity index (χ1) is 8.27. The van der Waals surface area contributed by atoms with Crippen LogP contribution in [0, 0.1) is 12.8 Å². The molecule has 1 aliphatic rings. The Balaban J connectivity index is 0.00000162. The van der Waals surface area contributed by atoms with Gasteiger partial charge in [0.05, 0.1) is 5.92 Å². The molecular formula is C14H21ClN2O. The molecule has 0 aliphatic carbocycles. The lowest BCUT2D eigenvalue weighted by molar-refractivity contribution is -0.125. The molecule has 18 heavy (non-hydrogen) atoms. The molecule has 0 unspecified atom stereocenters. The Hall–Kier alpha value is -1.06. The molecule has 1 heterocycles. The summed E-state index contributed by atoms with van der Waals surface area (Å²) in [5, 5.41) is 6.30. The van der Waals surface area contributed by atoms with Gasteiger partial charge in [-0.2, -0.15) is 0 Å². The maximum atomic E-state index is 11.9. The third-order valence-electron chi connectivity index (χ3n) is 3.38. The summed E-state index contributed by atoms with van der Waals surface area (Å²) in [7, 11) is 0. The Kier molecular flexibility index (Phi) is 6.16. The van der Waals surface area contributed by atoms with Crippen LogP contribution in [0.1, 0.15) is 24.0 Å². The van der Waals surface area contributed by atoms with Gasteiger partial charge in [0, 0.05) is 13.1 Å². The predicted octanol–water partition coefficient (Wildman–Crippen LogP) is 2.03. The summed E-state index contributed by atoms with van der Waals surface area (Å²) in [4.78, 5) is 11.9. The summed E-state index contributed by atoms with van der Waals surface area (Å²) in [6.45, 7) is 4.58. The van der Waals surface area contributed by atoms with Crippen LogP contribution in [0.15, 0.2) is 24.3 Å². The van der Waals surface area contributed by atoms with Gasteiger partial charge < -0.3 is 10.6 Å². The van der Waals surface area contributed by atoms with Crippen LogP contribution in [-0.4, -0.2) is 19.0 Å². The van der Waals surface area contributed by atoms with Gasteiger partial charge in [-0.25, -0.2) is 0 Å². The van der Waals surface area contributed by atoms with E-state index < -0.39 is 0 Å². The van der Waals surface area contributed by atoms with Crippen molar-refractivity contribution in [3.05, 3.63) is 35.4 Å². The van der Waals surface area contributed by atoms with Crippen molar-refractivity contribution in [1.29, 1.82) is 0 Å². The van der Waals surface area contributed by atoms with E-state index in [-0.39, 0.29) is 24.2 Å². The molecule has 3 nitrogen and oxygen atoms in total. The van der Waals surface area contributed by atoms with Crippen LogP contribution in [-0.2, 0) is 11.3 Å². The third-order valence-corrected chi connectivity index (χ3v) is 3.38. The molecule has 2 rings (SSSR count). The Morgan fingerprint density at radius 2 is 2.22 bits per heavy atom. The van der Waals surface area contributed by atoms with E-state index in [1.54, 1.807) is 0 Å². The Morgan fingerprint density at radius 1 is 1.44 bits per heavy atom. The van der Waals surface area contributed by atoms with Gasteiger partial charge in [0.25, 0.3) is 0 Å². The first-order valence-electron chi connectivity index (χ1n) is 6.30. The van der Waals surface area contributed by atoms with Crippen molar-refractivity contribution in [2.75, 3.05) is 13.1 Å². The van der Waals surface area contributed by atoms with Crippen LogP contribution in [0.2, 0.25) is 0 Å². The van der Waals surface area contributed by atoms with Gasteiger partial charge in [-0.1, -0.05) is 24.3 Å². The molecule has 1 atom stereocenters. The predicted molar refractivity (Wildman–Crippen MR) is 75.9 cm³/mol. The maximum Gasteiger partial charge on any atom is 0.224 e. The molecule has 0 bridgehead atoms. The van der Waals surface area contributed by atoms with Crippen LogP contribution >= 0.6 is 12.4 Å². The number of benzene rings is 1. The molecule has 1 aromatic carbocycles. The van der Waals surface area contributed by atoms with Crippen molar-refractivity contribution in [3.8, 4) is 0 Å². The number of nitrogens with one attached hydrogen (secondary N) is 2. The second-order valence-electron chi connectivity index (χ2n) is 4.69. The summed E-state index contributed by atoms with van der Waals surface area (Å²) in [6, 6.07) is 8.17. The third kappa shape index (κ3) is 4.00. The highest BCUT2D eigenvalue weighted by atomic mass is 35.5. The fraction of sp³-hybridized carbons (Fsp3) is 0.500. The van der Waals surface area contributed by atoms with Crippen LogP contribution in [0.5, 0.6) is 0 Å². The topological polar surface area (TPSA) is 41.1 Å². The van der Waals surface area contributed by atoms with Gasteiger partial charge >= 0.3 is 0 Å². The number of piperidine rings is 1. The summed E-state index contributed by atoms with van der Waals surface area (Å²) >= 11 is 0.